The molecule has 0 aromatic heterocycles. The standard InChI is InChI=1S/C15H14BrCl/c1-2-15(11-3-7-13(16)8-4-11)12-5-9-14(17)10-6-12/h3-10,15H,2H2,1H3. The molecule has 0 aliphatic carbocycles. The van der Waals surface area contributed by atoms with Gasteiger partial charge in [0, 0.05) is 15.4 Å². The lowest BCUT2D eigenvalue weighted by Crippen LogP contribution is -1.99. The fourth-order valence-corrected chi connectivity index (χ4v) is 2.44. The molecule has 0 radical (unpaired) electrons. The minimum absolute atomic E-state index is 0.445. The van der Waals surface area contributed by atoms with Crippen molar-refractivity contribution in [3.8, 4) is 0 Å². The molecular weight excluding hydrogens is 296 g/mol. The van der Waals surface area contributed by atoms with Crippen molar-refractivity contribution in [3.05, 3.63) is 69.2 Å². The Labute approximate surface area is 116 Å². The topological polar surface area (TPSA) is 0 Å². The lowest BCUT2D eigenvalue weighted by atomic mass is 9.89. The summed E-state index contributed by atoms with van der Waals surface area (Å²) in [6.45, 7) is 2.21. The zero-order chi connectivity index (χ0) is 12.3. The van der Waals surface area contributed by atoms with Crippen LogP contribution in [-0.2, 0) is 0 Å². The summed E-state index contributed by atoms with van der Waals surface area (Å²) in [6.07, 6.45) is 1.09. The fraction of sp³-hybridized carbons (Fsp3) is 0.200. The molecular formula is C15H14BrCl. The van der Waals surface area contributed by atoms with Crippen LogP contribution in [0.1, 0.15) is 30.4 Å². The summed E-state index contributed by atoms with van der Waals surface area (Å²) in [5.74, 6) is 0.445. The molecule has 0 heterocycles. The molecule has 0 nitrogen and oxygen atoms in total. The highest BCUT2D eigenvalue weighted by atomic mass is 79.9. The minimum atomic E-state index is 0.445. The van der Waals surface area contributed by atoms with E-state index in [-0.39, 0.29) is 0 Å². The van der Waals surface area contributed by atoms with E-state index in [2.05, 4.69) is 59.3 Å². The summed E-state index contributed by atoms with van der Waals surface area (Å²) in [5, 5.41) is 0.791. The third-order valence-corrected chi connectivity index (χ3v) is 3.73. The van der Waals surface area contributed by atoms with Gasteiger partial charge in [0.1, 0.15) is 0 Å². The van der Waals surface area contributed by atoms with Crippen LogP contribution in [0.2, 0.25) is 5.02 Å². The van der Waals surface area contributed by atoms with E-state index in [0.29, 0.717) is 5.92 Å². The summed E-state index contributed by atoms with van der Waals surface area (Å²) in [6, 6.07) is 16.7. The van der Waals surface area contributed by atoms with E-state index in [1.165, 1.54) is 11.1 Å². The van der Waals surface area contributed by atoms with Crippen LogP contribution in [0, 0.1) is 0 Å². The van der Waals surface area contributed by atoms with Crippen LogP contribution in [-0.4, -0.2) is 0 Å². The van der Waals surface area contributed by atoms with Crippen molar-refractivity contribution >= 4 is 27.5 Å². The van der Waals surface area contributed by atoms with Crippen LogP contribution >= 0.6 is 27.5 Å². The van der Waals surface area contributed by atoms with Crippen LogP contribution in [0.3, 0.4) is 0 Å². The van der Waals surface area contributed by atoms with Crippen LogP contribution in [0.4, 0.5) is 0 Å². The van der Waals surface area contributed by atoms with E-state index in [1.54, 1.807) is 0 Å². The number of benzene rings is 2. The maximum atomic E-state index is 5.92. The lowest BCUT2D eigenvalue weighted by molar-refractivity contribution is 0.777. The van der Waals surface area contributed by atoms with Crippen LogP contribution in [0.25, 0.3) is 0 Å². The molecule has 2 aromatic carbocycles. The highest BCUT2D eigenvalue weighted by Crippen LogP contribution is 2.29. The van der Waals surface area contributed by atoms with Crippen molar-refractivity contribution in [3.63, 3.8) is 0 Å². The summed E-state index contributed by atoms with van der Waals surface area (Å²) in [7, 11) is 0. The second-order valence-electron chi connectivity index (χ2n) is 4.06. The first-order chi connectivity index (χ1) is 8.20. The molecule has 2 aromatic rings. The molecule has 0 aliphatic heterocycles. The Morgan fingerprint density at radius 1 is 0.941 bits per heavy atom. The van der Waals surface area contributed by atoms with Crippen molar-refractivity contribution in [2.45, 2.75) is 19.3 Å². The van der Waals surface area contributed by atoms with E-state index >= 15 is 0 Å². The summed E-state index contributed by atoms with van der Waals surface area (Å²) >= 11 is 9.38. The zero-order valence-electron chi connectivity index (χ0n) is 9.66. The molecule has 0 saturated heterocycles. The van der Waals surface area contributed by atoms with Gasteiger partial charge in [-0.25, -0.2) is 0 Å². The van der Waals surface area contributed by atoms with E-state index in [0.717, 1.165) is 15.9 Å². The third kappa shape index (κ3) is 3.11. The van der Waals surface area contributed by atoms with Crippen molar-refractivity contribution in [1.29, 1.82) is 0 Å². The van der Waals surface area contributed by atoms with Crippen LogP contribution < -0.4 is 0 Å². The maximum Gasteiger partial charge on any atom is 0.0406 e. The van der Waals surface area contributed by atoms with E-state index in [1.807, 2.05) is 12.1 Å². The summed E-state index contributed by atoms with van der Waals surface area (Å²) in [5.41, 5.74) is 2.66. The first-order valence-electron chi connectivity index (χ1n) is 5.71. The number of halogens is 2. The summed E-state index contributed by atoms with van der Waals surface area (Å²) < 4.78 is 1.12. The molecule has 2 rings (SSSR count). The molecule has 0 amide bonds. The average Bonchev–Trinajstić information content (AvgIpc) is 2.35. The molecule has 17 heavy (non-hydrogen) atoms. The smallest absolute Gasteiger partial charge is 0.0406 e. The molecule has 0 spiro atoms. The fourth-order valence-electron chi connectivity index (χ4n) is 2.05. The van der Waals surface area contributed by atoms with Gasteiger partial charge in [0.15, 0.2) is 0 Å². The molecule has 88 valence electrons. The Balaban J connectivity index is 2.33. The number of hydrogen-bond donors (Lipinski definition) is 0. The quantitative estimate of drug-likeness (QED) is 0.688. The van der Waals surface area contributed by atoms with E-state index < -0.39 is 0 Å². The second-order valence-corrected chi connectivity index (χ2v) is 5.42. The Kier molecular flexibility index (Phi) is 4.25. The van der Waals surface area contributed by atoms with Gasteiger partial charge in [0.25, 0.3) is 0 Å². The van der Waals surface area contributed by atoms with Crippen molar-refractivity contribution in [1.82, 2.24) is 0 Å². The predicted molar refractivity (Wildman–Crippen MR) is 77.7 cm³/mol. The van der Waals surface area contributed by atoms with Gasteiger partial charge in [0.2, 0.25) is 0 Å². The van der Waals surface area contributed by atoms with Gasteiger partial charge in [-0.2, -0.15) is 0 Å². The molecule has 1 atom stereocenters. The molecule has 0 bridgehead atoms. The van der Waals surface area contributed by atoms with E-state index in [4.69, 9.17) is 11.6 Å². The average molecular weight is 310 g/mol. The van der Waals surface area contributed by atoms with Crippen molar-refractivity contribution < 1.29 is 0 Å². The zero-order valence-corrected chi connectivity index (χ0v) is 12.0. The van der Waals surface area contributed by atoms with Gasteiger partial charge < -0.3 is 0 Å². The van der Waals surface area contributed by atoms with Crippen molar-refractivity contribution in [2.24, 2.45) is 0 Å². The highest BCUT2D eigenvalue weighted by Gasteiger charge is 2.11. The number of hydrogen-bond acceptors (Lipinski definition) is 0. The van der Waals surface area contributed by atoms with E-state index in [9.17, 15) is 0 Å². The largest absolute Gasteiger partial charge is 0.0843 e. The first kappa shape index (κ1) is 12.7. The van der Waals surface area contributed by atoms with Gasteiger partial charge in [-0.05, 0) is 41.8 Å². The Morgan fingerprint density at radius 3 is 1.88 bits per heavy atom. The molecule has 0 aliphatic rings. The maximum absolute atomic E-state index is 5.92. The van der Waals surface area contributed by atoms with Crippen molar-refractivity contribution in [2.75, 3.05) is 0 Å². The van der Waals surface area contributed by atoms with Crippen LogP contribution in [0.5, 0.6) is 0 Å². The molecule has 1 unspecified atom stereocenters. The second kappa shape index (κ2) is 5.70. The van der Waals surface area contributed by atoms with Gasteiger partial charge in [-0.1, -0.05) is 58.7 Å². The minimum Gasteiger partial charge on any atom is -0.0843 e. The van der Waals surface area contributed by atoms with Gasteiger partial charge in [0.05, 0.1) is 0 Å². The predicted octanol–water partition coefficient (Wildman–Crippen LogP) is 5.64. The summed E-state index contributed by atoms with van der Waals surface area (Å²) in [4.78, 5) is 0. The Morgan fingerprint density at radius 2 is 1.41 bits per heavy atom. The first-order valence-corrected chi connectivity index (χ1v) is 6.88. The van der Waals surface area contributed by atoms with Gasteiger partial charge in [-0.15, -0.1) is 0 Å². The lowest BCUT2D eigenvalue weighted by Gasteiger charge is -2.16. The Bertz CT molecular complexity index is 428. The van der Waals surface area contributed by atoms with Gasteiger partial charge in [-0.3, -0.25) is 0 Å². The van der Waals surface area contributed by atoms with Crippen LogP contribution in [0.15, 0.2) is 53.0 Å². The molecule has 2 heteroatoms. The SMILES string of the molecule is CCC(c1ccc(Cl)cc1)c1ccc(Br)cc1. The molecule has 0 N–H and O–H groups in total. The van der Waals surface area contributed by atoms with Gasteiger partial charge >= 0.3 is 0 Å². The Hall–Kier alpha value is -0.790. The molecule has 0 fully saturated rings. The third-order valence-electron chi connectivity index (χ3n) is 2.95. The highest BCUT2D eigenvalue weighted by molar-refractivity contribution is 9.10. The monoisotopic (exact) mass is 308 g/mol. The normalized spacial score (nSPS) is 12.4. The molecule has 0 saturated carbocycles. The number of rotatable bonds is 3.